The third-order valence-corrected chi connectivity index (χ3v) is 6.84. The number of carbonyl (C=O) groups is 2. The summed E-state index contributed by atoms with van der Waals surface area (Å²) in [5.74, 6) is 0.0347. The summed E-state index contributed by atoms with van der Waals surface area (Å²) >= 11 is 1.76. The first-order chi connectivity index (χ1) is 14.2. The number of hydrogen-bond acceptors (Lipinski definition) is 5. The second-order valence-corrected chi connectivity index (χ2v) is 10.4. The van der Waals surface area contributed by atoms with E-state index in [4.69, 9.17) is 9.72 Å². The maximum atomic E-state index is 12.8. The fourth-order valence-electron chi connectivity index (χ4n) is 4.47. The maximum absolute atomic E-state index is 12.8. The van der Waals surface area contributed by atoms with Crippen molar-refractivity contribution >= 4 is 38.7 Å². The number of Topliss-reactive ketones (excluding diaryl/α,β-unsaturated/α-hetero) is 1. The molecule has 30 heavy (non-hydrogen) atoms. The lowest BCUT2D eigenvalue weighted by Crippen LogP contribution is -2.28. The molecule has 4 nitrogen and oxygen atoms in total. The van der Waals surface area contributed by atoms with Crippen molar-refractivity contribution in [2.45, 2.75) is 78.4 Å². The zero-order valence-electron chi connectivity index (χ0n) is 18.4. The highest BCUT2D eigenvalue weighted by atomic mass is 32.1. The molecule has 0 aliphatic heterocycles. The molecule has 0 saturated carbocycles. The number of nitrogens with zero attached hydrogens (tertiary/aromatic N) is 1. The number of rotatable bonds is 4. The second-order valence-electron chi connectivity index (χ2n) is 9.27. The number of aryl methyl sites for hydroxylation is 3. The summed E-state index contributed by atoms with van der Waals surface area (Å²) in [6.45, 7) is 9.40. The summed E-state index contributed by atoms with van der Waals surface area (Å²) in [5, 5.41) is 1.12. The van der Waals surface area contributed by atoms with Gasteiger partial charge in [-0.05, 0) is 77.5 Å². The number of ether oxygens (including phenoxy) is 1. The number of pyridine rings is 1. The van der Waals surface area contributed by atoms with Crippen LogP contribution >= 0.6 is 11.3 Å². The van der Waals surface area contributed by atoms with Gasteiger partial charge in [0, 0.05) is 33.5 Å². The minimum atomic E-state index is -0.720. The molecule has 0 bridgehead atoms. The van der Waals surface area contributed by atoms with Crippen LogP contribution in [-0.2, 0) is 27.2 Å². The second kappa shape index (κ2) is 7.86. The first-order valence-electron chi connectivity index (χ1n) is 10.7. The number of thiophene rings is 1. The zero-order valence-corrected chi connectivity index (χ0v) is 19.2. The Morgan fingerprint density at radius 3 is 2.63 bits per heavy atom. The number of aromatic nitrogens is 1. The Morgan fingerprint density at radius 2 is 1.97 bits per heavy atom. The molecule has 2 aromatic heterocycles. The van der Waals surface area contributed by atoms with Crippen molar-refractivity contribution in [3.05, 3.63) is 45.5 Å². The van der Waals surface area contributed by atoms with Gasteiger partial charge in [-0.15, -0.1) is 11.3 Å². The summed E-state index contributed by atoms with van der Waals surface area (Å²) in [4.78, 5) is 32.4. The van der Waals surface area contributed by atoms with Crippen LogP contribution in [0.2, 0.25) is 0 Å². The van der Waals surface area contributed by atoms with E-state index in [-0.39, 0.29) is 11.6 Å². The van der Waals surface area contributed by atoms with Gasteiger partial charge in [-0.3, -0.25) is 9.59 Å². The molecular formula is C25H29NO3S. The van der Waals surface area contributed by atoms with Crippen molar-refractivity contribution < 1.29 is 14.3 Å². The molecule has 0 radical (unpaired) electrons. The van der Waals surface area contributed by atoms with Gasteiger partial charge in [0.05, 0.1) is 5.60 Å². The fraction of sp³-hybridized carbons (Fsp3) is 0.480. The van der Waals surface area contributed by atoms with Crippen molar-refractivity contribution in [2.75, 3.05) is 0 Å². The molecule has 2 aromatic rings. The molecule has 5 heteroatoms. The van der Waals surface area contributed by atoms with Gasteiger partial charge in [-0.25, -0.2) is 4.98 Å². The van der Waals surface area contributed by atoms with E-state index in [1.807, 2.05) is 39.8 Å². The Balaban J connectivity index is 2.07. The average Bonchev–Trinajstić information content (AvgIpc) is 3.02. The summed E-state index contributed by atoms with van der Waals surface area (Å²) in [6.07, 6.45) is 9.79. The van der Waals surface area contributed by atoms with Gasteiger partial charge < -0.3 is 4.74 Å². The van der Waals surface area contributed by atoms with Crippen LogP contribution in [0.15, 0.2) is 18.2 Å². The van der Waals surface area contributed by atoms with E-state index >= 15 is 0 Å². The van der Waals surface area contributed by atoms with Crippen molar-refractivity contribution in [3.63, 3.8) is 0 Å². The van der Waals surface area contributed by atoms with Crippen LogP contribution in [0.25, 0.3) is 15.8 Å². The molecule has 0 aromatic carbocycles. The molecule has 0 fully saturated rings. The quantitative estimate of drug-likeness (QED) is 0.620. The van der Waals surface area contributed by atoms with Gasteiger partial charge in [-0.2, -0.15) is 0 Å². The van der Waals surface area contributed by atoms with Crippen molar-refractivity contribution in [1.82, 2.24) is 4.98 Å². The molecule has 4 rings (SSSR count). The smallest absolute Gasteiger partial charge is 0.163 e. The average molecular weight is 424 g/mol. The Hall–Kier alpha value is -2.11. The van der Waals surface area contributed by atoms with E-state index in [0.717, 1.165) is 51.9 Å². The predicted molar refractivity (Wildman–Crippen MR) is 122 cm³/mol. The molecule has 158 valence electrons. The van der Waals surface area contributed by atoms with Gasteiger partial charge in [0.15, 0.2) is 11.6 Å². The molecule has 2 heterocycles. The zero-order chi connectivity index (χ0) is 21.6. The van der Waals surface area contributed by atoms with Crippen LogP contribution in [0.1, 0.15) is 80.3 Å². The third-order valence-electron chi connectivity index (χ3n) is 5.66. The van der Waals surface area contributed by atoms with E-state index in [1.165, 1.54) is 16.9 Å². The maximum Gasteiger partial charge on any atom is 0.163 e. The Labute approximate surface area is 182 Å². The molecule has 0 spiro atoms. The van der Waals surface area contributed by atoms with Crippen LogP contribution in [0.4, 0.5) is 0 Å². The first kappa shape index (κ1) is 21.1. The van der Waals surface area contributed by atoms with Crippen molar-refractivity contribution in [3.8, 4) is 0 Å². The largest absolute Gasteiger partial charge is 0.360 e. The monoisotopic (exact) mass is 423 g/mol. The van der Waals surface area contributed by atoms with E-state index in [2.05, 4.69) is 0 Å². The molecule has 2 aliphatic carbocycles. The van der Waals surface area contributed by atoms with Gasteiger partial charge in [0.1, 0.15) is 10.9 Å². The number of fused-ring (bicyclic) bond motifs is 3. The normalized spacial score (nSPS) is 17.8. The van der Waals surface area contributed by atoms with Crippen molar-refractivity contribution in [2.24, 2.45) is 0 Å². The van der Waals surface area contributed by atoms with Gasteiger partial charge >= 0.3 is 0 Å². The first-order valence-corrected chi connectivity index (χ1v) is 11.5. The Kier molecular flexibility index (Phi) is 5.54. The summed E-state index contributed by atoms with van der Waals surface area (Å²) in [6, 6.07) is 0. The third kappa shape index (κ3) is 3.93. The minimum Gasteiger partial charge on any atom is -0.360 e. The standard InChI is InChI=1S/C25H29NO3S/c1-14-20(23(15(2)27)29-25(3,4)5)21(16-9-8-10-17(28)13-16)22-18-11-6-7-12-19(18)30-24(22)26-14/h8-9,13,23H,6-7,10-12H2,1-5H3/t23-/m1/s1. The molecule has 0 saturated heterocycles. The van der Waals surface area contributed by atoms with Gasteiger partial charge in [-0.1, -0.05) is 12.2 Å². The van der Waals surface area contributed by atoms with Crippen LogP contribution in [0, 0.1) is 6.92 Å². The van der Waals surface area contributed by atoms with Crippen molar-refractivity contribution in [1.29, 1.82) is 0 Å². The number of hydrogen-bond donors (Lipinski definition) is 0. The highest BCUT2D eigenvalue weighted by molar-refractivity contribution is 7.18. The van der Waals surface area contributed by atoms with Crippen LogP contribution in [-0.4, -0.2) is 22.2 Å². The van der Waals surface area contributed by atoms with E-state index in [0.29, 0.717) is 6.42 Å². The van der Waals surface area contributed by atoms with E-state index in [9.17, 15) is 9.59 Å². The minimum absolute atomic E-state index is 0.0498. The van der Waals surface area contributed by atoms with E-state index in [1.54, 1.807) is 24.3 Å². The highest BCUT2D eigenvalue weighted by Crippen LogP contribution is 2.44. The number of allylic oxidation sites excluding steroid dienone is 4. The lowest BCUT2D eigenvalue weighted by atomic mass is 9.85. The molecular weight excluding hydrogens is 394 g/mol. The molecule has 0 unspecified atom stereocenters. The van der Waals surface area contributed by atoms with Crippen LogP contribution in [0.5, 0.6) is 0 Å². The SMILES string of the molecule is CC(=O)[C@@H](OC(C)(C)C)c1c(C)nc2sc3c(c2c1C1=CC(=O)CC=C1)CCCC3. The van der Waals surface area contributed by atoms with Crippen LogP contribution in [0.3, 0.4) is 0 Å². The Morgan fingerprint density at radius 1 is 1.23 bits per heavy atom. The summed E-state index contributed by atoms with van der Waals surface area (Å²) in [5.41, 5.74) is 4.29. The predicted octanol–water partition coefficient (Wildman–Crippen LogP) is 5.84. The summed E-state index contributed by atoms with van der Waals surface area (Å²) < 4.78 is 6.27. The molecule has 2 aliphatic rings. The van der Waals surface area contributed by atoms with Crippen LogP contribution < -0.4 is 0 Å². The number of ketones is 2. The Bertz CT molecular complexity index is 1100. The highest BCUT2D eigenvalue weighted by Gasteiger charge is 2.32. The fourth-order valence-corrected chi connectivity index (χ4v) is 5.79. The molecule has 1 atom stereocenters. The lowest BCUT2D eigenvalue weighted by Gasteiger charge is -2.29. The lowest BCUT2D eigenvalue weighted by molar-refractivity contribution is -0.138. The van der Waals surface area contributed by atoms with Gasteiger partial charge in [0.25, 0.3) is 0 Å². The topological polar surface area (TPSA) is 56.3 Å². The van der Waals surface area contributed by atoms with E-state index < -0.39 is 11.7 Å². The molecule has 0 amide bonds. The van der Waals surface area contributed by atoms with Gasteiger partial charge in [0.2, 0.25) is 0 Å². The number of carbonyl (C=O) groups excluding carboxylic acids is 2. The molecule has 0 N–H and O–H groups in total. The summed E-state index contributed by atoms with van der Waals surface area (Å²) in [7, 11) is 0.